The molecule has 4 rings (SSSR count). The number of benzene rings is 1. The van der Waals surface area contributed by atoms with Crippen LogP contribution in [0.5, 0.6) is 0 Å². The van der Waals surface area contributed by atoms with Gasteiger partial charge in [-0.15, -0.1) is 0 Å². The second-order valence-corrected chi connectivity index (χ2v) is 7.70. The van der Waals surface area contributed by atoms with Gasteiger partial charge in [-0.3, -0.25) is 9.59 Å². The number of nitrogens with zero attached hydrogens (tertiary/aromatic N) is 2. The third kappa shape index (κ3) is 3.01. The summed E-state index contributed by atoms with van der Waals surface area (Å²) in [6.45, 7) is 0.242. The summed E-state index contributed by atoms with van der Waals surface area (Å²) in [7, 11) is 1.57. The van der Waals surface area contributed by atoms with Crippen LogP contribution in [0.1, 0.15) is 27.0 Å². The number of halogens is 3. The number of likely N-dealkylation sites (N-methyl/N-ethyl adjacent to an activating group) is 1. The molecule has 1 atom stereocenters. The number of fused-ring (bicyclic) bond motifs is 3. The van der Waals surface area contributed by atoms with Gasteiger partial charge in [0.25, 0.3) is 11.5 Å². The molecule has 0 saturated carbocycles. The molecule has 0 spiro atoms. The van der Waals surface area contributed by atoms with E-state index in [1.54, 1.807) is 7.05 Å². The molecule has 0 bridgehead atoms. The van der Waals surface area contributed by atoms with Crippen molar-refractivity contribution in [2.75, 3.05) is 13.7 Å². The van der Waals surface area contributed by atoms with E-state index in [4.69, 9.17) is 16.3 Å². The largest absolute Gasteiger partial charge is 0.373 e. The first-order chi connectivity index (χ1) is 12.9. The summed E-state index contributed by atoms with van der Waals surface area (Å²) in [6, 6.07) is 1.24. The van der Waals surface area contributed by atoms with Crippen LogP contribution in [0.4, 0.5) is 8.78 Å². The molecule has 2 aromatic heterocycles. The Bertz CT molecular complexity index is 1130. The molecule has 1 amide bonds. The zero-order valence-electron chi connectivity index (χ0n) is 13.9. The van der Waals surface area contributed by atoms with Crippen molar-refractivity contribution < 1.29 is 18.3 Å². The fourth-order valence-corrected chi connectivity index (χ4v) is 4.14. The number of thiazole rings is 1. The number of hydrogen-bond donors (Lipinski definition) is 1. The minimum Gasteiger partial charge on any atom is -0.373 e. The molecule has 140 valence electrons. The standard InChI is InChI=1S/C17H12ClF2N3O3S/c1-23(16(25)13-4-21-17(18)27-13)12-6-26-5-11-14(12)7-2-9(19)10(20)3-8(7)15(24)22-11/h2-4,12H,5-6H2,1H3,(H,22,24)/t12-/m1/s1. The van der Waals surface area contributed by atoms with E-state index in [1.807, 2.05) is 0 Å². The highest BCUT2D eigenvalue weighted by atomic mass is 35.5. The first kappa shape index (κ1) is 18.0. The van der Waals surface area contributed by atoms with E-state index in [9.17, 15) is 18.4 Å². The van der Waals surface area contributed by atoms with Crippen LogP contribution in [-0.4, -0.2) is 34.4 Å². The summed E-state index contributed by atoms with van der Waals surface area (Å²) in [5.74, 6) is -2.52. The van der Waals surface area contributed by atoms with E-state index in [-0.39, 0.29) is 34.4 Å². The second kappa shape index (κ2) is 6.66. The number of pyridine rings is 1. The number of ether oxygens (including phenoxy) is 1. The first-order valence-corrected chi connectivity index (χ1v) is 9.06. The van der Waals surface area contributed by atoms with Gasteiger partial charge in [-0.1, -0.05) is 22.9 Å². The van der Waals surface area contributed by atoms with E-state index in [0.717, 1.165) is 23.5 Å². The van der Waals surface area contributed by atoms with Crippen LogP contribution in [0.25, 0.3) is 10.8 Å². The van der Waals surface area contributed by atoms with Gasteiger partial charge < -0.3 is 14.6 Å². The number of aromatic amines is 1. The highest BCUT2D eigenvalue weighted by Crippen LogP contribution is 2.34. The minimum atomic E-state index is -1.11. The van der Waals surface area contributed by atoms with Gasteiger partial charge >= 0.3 is 0 Å². The van der Waals surface area contributed by atoms with Crippen LogP contribution in [0, 0.1) is 11.6 Å². The summed E-state index contributed by atoms with van der Waals surface area (Å²) in [5, 5.41) is 0.268. The van der Waals surface area contributed by atoms with Crippen molar-refractivity contribution in [2.24, 2.45) is 0 Å². The van der Waals surface area contributed by atoms with Crippen molar-refractivity contribution in [1.82, 2.24) is 14.9 Å². The Morgan fingerprint density at radius 3 is 2.74 bits per heavy atom. The third-order valence-corrected chi connectivity index (χ3v) is 5.62. The molecule has 1 aliphatic heterocycles. The molecule has 1 aromatic carbocycles. The van der Waals surface area contributed by atoms with Gasteiger partial charge in [0.2, 0.25) is 0 Å². The van der Waals surface area contributed by atoms with Crippen LogP contribution in [0.2, 0.25) is 4.47 Å². The molecule has 1 aliphatic rings. The van der Waals surface area contributed by atoms with Crippen molar-refractivity contribution in [3.63, 3.8) is 0 Å². The lowest BCUT2D eigenvalue weighted by molar-refractivity contribution is 0.0338. The number of H-pyrrole nitrogens is 1. The number of amides is 1. The Balaban J connectivity index is 1.87. The van der Waals surface area contributed by atoms with Gasteiger partial charge in [0.15, 0.2) is 16.1 Å². The first-order valence-electron chi connectivity index (χ1n) is 7.87. The van der Waals surface area contributed by atoms with Crippen LogP contribution in [0.3, 0.4) is 0 Å². The molecule has 0 saturated heterocycles. The van der Waals surface area contributed by atoms with E-state index in [0.29, 0.717) is 16.1 Å². The van der Waals surface area contributed by atoms with E-state index >= 15 is 0 Å². The SMILES string of the molecule is CN(C(=O)c1cnc(Cl)s1)[C@@H]1COCc2[nH]c(=O)c3cc(F)c(F)cc3c21. The van der Waals surface area contributed by atoms with Crippen molar-refractivity contribution in [2.45, 2.75) is 12.6 Å². The molecule has 0 aliphatic carbocycles. The van der Waals surface area contributed by atoms with Gasteiger partial charge in [0.05, 0.1) is 30.8 Å². The van der Waals surface area contributed by atoms with Crippen LogP contribution >= 0.6 is 22.9 Å². The van der Waals surface area contributed by atoms with Crippen LogP contribution in [-0.2, 0) is 11.3 Å². The molecule has 1 N–H and O–H groups in total. The van der Waals surface area contributed by atoms with Crippen molar-refractivity contribution in [3.05, 3.63) is 60.9 Å². The highest BCUT2D eigenvalue weighted by Gasteiger charge is 2.32. The summed E-state index contributed by atoms with van der Waals surface area (Å²) in [5.41, 5.74) is 0.410. The van der Waals surface area contributed by atoms with Gasteiger partial charge in [0.1, 0.15) is 4.88 Å². The number of hydrogen-bond acceptors (Lipinski definition) is 5. The lowest BCUT2D eigenvalue weighted by Crippen LogP contribution is -2.37. The smallest absolute Gasteiger partial charge is 0.265 e. The number of carbonyl (C=O) groups is 1. The van der Waals surface area contributed by atoms with Crippen LogP contribution < -0.4 is 5.56 Å². The summed E-state index contributed by atoms with van der Waals surface area (Å²) in [6.07, 6.45) is 1.37. The van der Waals surface area contributed by atoms with Gasteiger partial charge in [-0.25, -0.2) is 13.8 Å². The Kier molecular flexibility index (Phi) is 4.45. The molecule has 10 heteroatoms. The Morgan fingerprint density at radius 1 is 1.37 bits per heavy atom. The minimum absolute atomic E-state index is 0.0150. The second-order valence-electron chi connectivity index (χ2n) is 6.08. The quantitative estimate of drug-likeness (QED) is 0.702. The summed E-state index contributed by atoms with van der Waals surface area (Å²) >= 11 is 6.83. The van der Waals surface area contributed by atoms with Gasteiger partial charge in [0, 0.05) is 18.3 Å². The molecule has 0 fully saturated rings. The number of nitrogens with one attached hydrogen (secondary N) is 1. The number of aromatic nitrogens is 2. The predicted molar refractivity (Wildman–Crippen MR) is 96.1 cm³/mol. The third-order valence-electron chi connectivity index (χ3n) is 4.52. The maximum absolute atomic E-state index is 13.9. The number of carbonyl (C=O) groups excluding carboxylic acids is 1. The Hall–Kier alpha value is -2.36. The Labute approximate surface area is 160 Å². The molecule has 0 radical (unpaired) electrons. The topological polar surface area (TPSA) is 75.3 Å². The molecule has 27 heavy (non-hydrogen) atoms. The fourth-order valence-electron chi connectivity index (χ4n) is 3.21. The maximum Gasteiger partial charge on any atom is 0.265 e. The number of rotatable bonds is 2. The predicted octanol–water partition coefficient (Wildman–Crippen LogP) is 3.26. The zero-order chi connectivity index (χ0) is 19.3. The van der Waals surface area contributed by atoms with E-state index in [1.165, 1.54) is 11.1 Å². The van der Waals surface area contributed by atoms with Crippen LogP contribution in [0.15, 0.2) is 23.1 Å². The van der Waals surface area contributed by atoms with Crippen molar-refractivity contribution in [3.8, 4) is 0 Å². The Morgan fingerprint density at radius 2 is 2.07 bits per heavy atom. The molecule has 3 heterocycles. The van der Waals surface area contributed by atoms with Gasteiger partial charge in [-0.2, -0.15) is 0 Å². The summed E-state index contributed by atoms with van der Waals surface area (Å²) < 4.78 is 33.3. The molecule has 3 aromatic rings. The van der Waals surface area contributed by atoms with Crippen molar-refractivity contribution in [1.29, 1.82) is 0 Å². The average molecular weight is 412 g/mol. The summed E-state index contributed by atoms with van der Waals surface area (Å²) in [4.78, 5) is 33.3. The maximum atomic E-state index is 13.9. The molecular weight excluding hydrogens is 400 g/mol. The zero-order valence-corrected chi connectivity index (χ0v) is 15.5. The van der Waals surface area contributed by atoms with E-state index in [2.05, 4.69) is 9.97 Å². The molecule has 6 nitrogen and oxygen atoms in total. The van der Waals surface area contributed by atoms with Gasteiger partial charge in [-0.05, 0) is 17.5 Å². The van der Waals surface area contributed by atoms with Crippen molar-refractivity contribution >= 4 is 39.6 Å². The normalized spacial score (nSPS) is 16.4. The molecular formula is C17H12ClF2N3O3S. The monoisotopic (exact) mass is 411 g/mol. The highest BCUT2D eigenvalue weighted by molar-refractivity contribution is 7.17. The lowest BCUT2D eigenvalue weighted by Gasteiger charge is -2.33. The fraction of sp³-hybridized carbons (Fsp3) is 0.235. The molecule has 0 unspecified atom stereocenters. The lowest BCUT2D eigenvalue weighted by atomic mass is 9.95. The average Bonchev–Trinajstić information content (AvgIpc) is 3.08. The van der Waals surface area contributed by atoms with E-state index < -0.39 is 23.2 Å².